The summed E-state index contributed by atoms with van der Waals surface area (Å²) >= 11 is 6.06. The molecule has 1 aromatic heterocycles. The molecule has 106 valence electrons. The zero-order valence-electron chi connectivity index (χ0n) is 11.4. The topological polar surface area (TPSA) is 59.0 Å². The van der Waals surface area contributed by atoms with Gasteiger partial charge in [0.1, 0.15) is 5.02 Å². The van der Waals surface area contributed by atoms with E-state index in [9.17, 15) is 4.79 Å². The van der Waals surface area contributed by atoms with Crippen molar-refractivity contribution in [1.29, 1.82) is 0 Å². The number of aromatic nitrogens is 2. The van der Waals surface area contributed by atoms with E-state index < -0.39 is 0 Å². The molecule has 1 heterocycles. The smallest absolute Gasteiger partial charge is 0.287 e. The van der Waals surface area contributed by atoms with E-state index in [2.05, 4.69) is 15.7 Å². The van der Waals surface area contributed by atoms with Gasteiger partial charge >= 0.3 is 0 Å². The SMILES string of the molecule is CC(C)n1ncc(NCCCNC2CC2)c(Cl)c1=O. The number of anilines is 1. The molecule has 0 saturated heterocycles. The van der Waals surface area contributed by atoms with Gasteiger partial charge in [-0.2, -0.15) is 5.10 Å². The lowest BCUT2D eigenvalue weighted by atomic mass is 10.3. The van der Waals surface area contributed by atoms with Crippen LogP contribution < -0.4 is 16.2 Å². The van der Waals surface area contributed by atoms with Crippen LogP contribution in [0.15, 0.2) is 11.0 Å². The Balaban J connectivity index is 1.85. The monoisotopic (exact) mass is 284 g/mol. The molecule has 1 aliphatic carbocycles. The lowest BCUT2D eigenvalue weighted by Gasteiger charge is -2.12. The number of hydrogen-bond acceptors (Lipinski definition) is 4. The molecule has 0 aliphatic heterocycles. The first kappa shape index (κ1) is 14.3. The van der Waals surface area contributed by atoms with E-state index in [1.807, 2.05) is 13.8 Å². The standard InChI is InChI=1S/C13H21ClN4O/c1-9(2)18-13(19)12(14)11(8-17-18)16-7-3-6-15-10-4-5-10/h8-10,15-16H,3-7H2,1-2H3. The van der Waals surface area contributed by atoms with E-state index in [1.54, 1.807) is 6.20 Å². The highest BCUT2D eigenvalue weighted by atomic mass is 35.5. The molecule has 2 N–H and O–H groups in total. The van der Waals surface area contributed by atoms with E-state index >= 15 is 0 Å². The Labute approximate surface area is 118 Å². The molecule has 0 aromatic carbocycles. The van der Waals surface area contributed by atoms with Crippen molar-refractivity contribution >= 4 is 17.3 Å². The predicted octanol–water partition coefficient (Wildman–Crippen LogP) is 2.03. The highest BCUT2D eigenvalue weighted by molar-refractivity contribution is 6.32. The molecular formula is C13H21ClN4O. The summed E-state index contributed by atoms with van der Waals surface area (Å²) in [6, 6.07) is 0.752. The fourth-order valence-electron chi connectivity index (χ4n) is 1.84. The molecule has 0 bridgehead atoms. The minimum atomic E-state index is -0.238. The molecule has 0 atom stereocenters. The van der Waals surface area contributed by atoms with Gasteiger partial charge in [-0.25, -0.2) is 4.68 Å². The average Bonchev–Trinajstić information content (AvgIpc) is 3.17. The van der Waals surface area contributed by atoms with E-state index in [4.69, 9.17) is 11.6 Å². The lowest BCUT2D eigenvalue weighted by Crippen LogP contribution is -2.26. The van der Waals surface area contributed by atoms with Crippen LogP contribution in [0.1, 0.15) is 39.2 Å². The Bertz CT molecular complexity index is 482. The quantitative estimate of drug-likeness (QED) is 0.752. The Hall–Kier alpha value is -1.07. The van der Waals surface area contributed by atoms with Crippen molar-refractivity contribution in [1.82, 2.24) is 15.1 Å². The summed E-state index contributed by atoms with van der Waals surface area (Å²) in [5, 5.41) is 10.9. The molecule has 0 spiro atoms. The average molecular weight is 285 g/mol. The van der Waals surface area contributed by atoms with Gasteiger partial charge in [0.15, 0.2) is 0 Å². The minimum absolute atomic E-state index is 0.0155. The molecule has 1 aliphatic rings. The van der Waals surface area contributed by atoms with E-state index in [0.29, 0.717) is 5.69 Å². The summed E-state index contributed by atoms with van der Waals surface area (Å²) < 4.78 is 1.39. The van der Waals surface area contributed by atoms with Crippen LogP contribution in [-0.4, -0.2) is 28.9 Å². The second-order valence-electron chi connectivity index (χ2n) is 5.22. The van der Waals surface area contributed by atoms with Gasteiger partial charge in [-0.05, 0) is 39.7 Å². The maximum absolute atomic E-state index is 11.9. The van der Waals surface area contributed by atoms with Crippen LogP contribution in [0.25, 0.3) is 0 Å². The summed E-state index contributed by atoms with van der Waals surface area (Å²) in [6.07, 6.45) is 5.23. The van der Waals surface area contributed by atoms with Gasteiger partial charge < -0.3 is 10.6 Å². The molecule has 1 aromatic rings. The van der Waals surface area contributed by atoms with Crippen molar-refractivity contribution in [3.63, 3.8) is 0 Å². The van der Waals surface area contributed by atoms with Crippen LogP contribution in [-0.2, 0) is 0 Å². The molecule has 1 saturated carbocycles. The largest absolute Gasteiger partial charge is 0.382 e. The van der Waals surface area contributed by atoms with Gasteiger partial charge in [0, 0.05) is 12.6 Å². The normalized spacial score (nSPS) is 14.9. The first-order chi connectivity index (χ1) is 9.09. The molecule has 19 heavy (non-hydrogen) atoms. The van der Waals surface area contributed by atoms with Gasteiger partial charge in [0.2, 0.25) is 0 Å². The second-order valence-corrected chi connectivity index (χ2v) is 5.60. The van der Waals surface area contributed by atoms with Crippen molar-refractivity contribution in [2.45, 2.75) is 45.2 Å². The van der Waals surface area contributed by atoms with E-state index in [1.165, 1.54) is 17.5 Å². The van der Waals surface area contributed by atoms with E-state index in [-0.39, 0.29) is 16.6 Å². The van der Waals surface area contributed by atoms with Crippen LogP contribution in [0.2, 0.25) is 5.02 Å². The molecule has 2 rings (SSSR count). The summed E-state index contributed by atoms with van der Waals surface area (Å²) in [4.78, 5) is 11.9. The summed E-state index contributed by atoms with van der Waals surface area (Å²) in [6.45, 7) is 5.58. The van der Waals surface area contributed by atoms with Crippen molar-refractivity contribution in [2.24, 2.45) is 0 Å². The summed E-state index contributed by atoms with van der Waals surface area (Å²) in [5.74, 6) is 0. The van der Waals surface area contributed by atoms with Crippen molar-refractivity contribution < 1.29 is 0 Å². The summed E-state index contributed by atoms with van der Waals surface area (Å²) in [7, 11) is 0. The maximum atomic E-state index is 11.9. The third-order valence-corrected chi connectivity index (χ3v) is 3.48. The van der Waals surface area contributed by atoms with Gasteiger partial charge in [-0.3, -0.25) is 4.79 Å². The number of rotatable bonds is 7. The van der Waals surface area contributed by atoms with Crippen LogP contribution in [0.4, 0.5) is 5.69 Å². The fraction of sp³-hybridized carbons (Fsp3) is 0.692. The molecule has 0 unspecified atom stereocenters. The molecular weight excluding hydrogens is 264 g/mol. The Morgan fingerprint density at radius 3 is 2.84 bits per heavy atom. The fourth-order valence-corrected chi connectivity index (χ4v) is 2.04. The Kier molecular flexibility index (Phi) is 4.82. The Morgan fingerprint density at radius 1 is 1.47 bits per heavy atom. The maximum Gasteiger partial charge on any atom is 0.287 e. The molecule has 0 amide bonds. The zero-order valence-corrected chi connectivity index (χ0v) is 12.2. The minimum Gasteiger partial charge on any atom is -0.382 e. The molecule has 6 heteroatoms. The summed E-state index contributed by atoms with van der Waals surface area (Å²) in [5.41, 5.74) is 0.382. The van der Waals surface area contributed by atoms with Gasteiger partial charge in [-0.1, -0.05) is 11.6 Å². The zero-order chi connectivity index (χ0) is 13.8. The predicted molar refractivity (Wildman–Crippen MR) is 78.0 cm³/mol. The number of hydrogen-bond donors (Lipinski definition) is 2. The highest BCUT2D eigenvalue weighted by Crippen LogP contribution is 2.18. The van der Waals surface area contributed by atoms with Crippen LogP contribution in [0.3, 0.4) is 0 Å². The van der Waals surface area contributed by atoms with Crippen molar-refractivity contribution in [3.05, 3.63) is 21.6 Å². The van der Waals surface area contributed by atoms with Crippen LogP contribution in [0, 0.1) is 0 Å². The van der Waals surface area contributed by atoms with Gasteiger partial charge in [0.05, 0.1) is 17.9 Å². The molecule has 0 radical (unpaired) electrons. The third kappa shape index (κ3) is 3.94. The first-order valence-electron chi connectivity index (χ1n) is 6.84. The molecule has 5 nitrogen and oxygen atoms in total. The highest BCUT2D eigenvalue weighted by Gasteiger charge is 2.19. The van der Waals surface area contributed by atoms with Crippen LogP contribution >= 0.6 is 11.6 Å². The van der Waals surface area contributed by atoms with Crippen molar-refractivity contribution in [2.75, 3.05) is 18.4 Å². The van der Waals surface area contributed by atoms with Gasteiger partial charge in [-0.15, -0.1) is 0 Å². The number of nitrogens with zero attached hydrogens (tertiary/aromatic N) is 2. The van der Waals surface area contributed by atoms with Crippen molar-refractivity contribution in [3.8, 4) is 0 Å². The van der Waals surface area contributed by atoms with Gasteiger partial charge in [0.25, 0.3) is 5.56 Å². The second kappa shape index (κ2) is 6.39. The van der Waals surface area contributed by atoms with Crippen LogP contribution in [0.5, 0.6) is 0 Å². The first-order valence-corrected chi connectivity index (χ1v) is 7.22. The molecule has 1 fully saturated rings. The Morgan fingerprint density at radius 2 is 2.21 bits per heavy atom. The van der Waals surface area contributed by atoms with E-state index in [0.717, 1.165) is 25.6 Å². The number of halogens is 1. The third-order valence-electron chi connectivity index (χ3n) is 3.11. The lowest BCUT2D eigenvalue weighted by molar-refractivity contribution is 0.503. The number of nitrogens with one attached hydrogen (secondary N) is 2.